The lowest BCUT2D eigenvalue weighted by Crippen LogP contribution is -2.09. The third-order valence-electron chi connectivity index (χ3n) is 2.36. The number of thiophene rings is 1. The Bertz CT molecular complexity index is 554. The highest BCUT2D eigenvalue weighted by Gasteiger charge is 2.22. The summed E-state index contributed by atoms with van der Waals surface area (Å²) in [6.07, 6.45) is 0. The molecule has 0 saturated heterocycles. The molecule has 84 valence electrons. The van der Waals surface area contributed by atoms with Crippen molar-refractivity contribution in [2.75, 3.05) is 0 Å². The van der Waals surface area contributed by atoms with Gasteiger partial charge >= 0.3 is 0 Å². The average Bonchev–Trinajstić information content (AvgIpc) is 2.86. The van der Waals surface area contributed by atoms with E-state index in [9.17, 15) is 4.79 Å². The van der Waals surface area contributed by atoms with Crippen molar-refractivity contribution in [1.82, 2.24) is 0 Å². The molecule has 0 N–H and O–H groups in total. The fraction of sp³-hybridized carbons (Fsp3) is 0.0769. The minimum Gasteiger partial charge on any atom is -0.291 e. The van der Waals surface area contributed by atoms with Crippen LogP contribution in [0.2, 0.25) is 0 Å². The van der Waals surface area contributed by atoms with Gasteiger partial charge in [0.15, 0.2) is 5.78 Å². The summed E-state index contributed by atoms with van der Waals surface area (Å²) in [5.41, 5.74) is 0.731. The van der Waals surface area contributed by atoms with Crippen LogP contribution in [-0.4, -0.2) is 5.78 Å². The monoisotopic (exact) mass is 305 g/mol. The van der Waals surface area contributed by atoms with Gasteiger partial charge in [0.2, 0.25) is 0 Å². The molecule has 0 bridgehead atoms. The SMILES string of the molecule is N#CC(C(=O)c1cccs1)c1ccc(Br)cc1. The van der Waals surface area contributed by atoms with Crippen molar-refractivity contribution in [2.45, 2.75) is 5.92 Å². The number of carbonyl (C=O) groups excluding carboxylic acids is 1. The number of benzene rings is 1. The quantitative estimate of drug-likeness (QED) is 0.804. The number of ketones is 1. The molecule has 1 atom stereocenters. The van der Waals surface area contributed by atoms with E-state index in [1.54, 1.807) is 18.2 Å². The topological polar surface area (TPSA) is 40.9 Å². The molecule has 0 aliphatic rings. The Kier molecular flexibility index (Phi) is 3.72. The molecule has 1 aromatic carbocycles. The van der Waals surface area contributed by atoms with Crippen LogP contribution in [-0.2, 0) is 0 Å². The number of hydrogen-bond acceptors (Lipinski definition) is 3. The largest absolute Gasteiger partial charge is 0.291 e. The molecule has 2 aromatic rings. The van der Waals surface area contributed by atoms with E-state index in [4.69, 9.17) is 5.26 Å². The first kappa shape index (κ1) is 12.0. The van der Waals surface area contributed by atoms with Crippen molar-refractivity contribution in [3.8, 4) is 6.07 Å². The summed E-state index contributed by atoms with van der Waals surface area (Å²) in [5, 5.41) is 11.0. The summed E-state index contributed by atoms with van der Waals surface area (Å²) < 4.78 is 0.932. The Morgan fingerprint density at radius 3 is 2.53 bits per heavy atom. The van der Waals surface area contributed by atoms with Gasteiger partial charge in [-0.2, -0.15) is 5.26 Å². The standard InChI is InChI=1S/C13H8BrNOS/c14-10-5-3-9(4-6-10)11(8-15)13(16)12-2-1-7-17-12/h1-7,11H. The lowest BCUT2D eigenvalue weighted by molar-refractivity contribution is 0.0983. The first-order valence-corrected chi connectivity index (χ1v) is 6.62. The van der Waals surface area contributed by atoms with Gasteiger partial charge in [0.1, 0.15) is 5.92 Å². The van der Waals surface area contributed by atoms with Gasteiger partial charge in [0.05, 0.1) is 10.9 Å². The smallest absolute Gasteiger partial charge is 0.194 e. The molecule has 4 heteroatoms. The lowest BCUT2D eigenvalue weighted by atomic mass is 9.95. The first-order chi connectivity index (χ1) is 8.22. The molecule has 0 fully saturated rings. The Labute approximate surface area is 112 Å². The molecule has 2 rings (SSSR count). The maximum Gasteiger partial charge on any atom is 0.194 e. The number of carbonyl (C=O) groups is 1. The Hall–Kier alpha value is -1.44. The van der Waals surface area contributed by atoms with E-state index in [1.807, 2.05) is 23.6 Å². The van der Waals surface area contributed by atoms with Crippen LogP contribution in [0.4, 0.5) is 0 Å². The van der Waals surface area contributed by atoms with Crippen LogP contribution < -0.4 is 0 Å². The molecule has 0 saturated carbocycles. The molecular weight excluding hydrogens is 298 g/mol. The van der Waals surface area contributed by atoms with E-state index in [0.717, 1.165) is 10.0 Å². The average molecular weight is 306 g/mol. The van der Waals surface area contributed by atoms with Gasteiger partial charge in [0, 0.05) is 4.47 Å². The molecule has 0 amide bonds. The van der Waals surface area contributed by atoms with Gasteiger partial charge in [-0.3, -0.25) is 4.79 Å². The van der Waals surface area contributed by atoms with E-state index < -0.39 is 5.92 Å². The lowest BCUT2D eigenvalue weighted by Gasteiger charge is -2.06. The Balaban J connectivity index is 2.32. The summed E-state index contributed by atoms with van der Waals surface area (Å²) in [5.74, 6) is -0.855. The third kappa shape index (κ3) is 2.63. The molecule has 1 aromatic heterocycles. The number of hydrogen-bond donors (Lipinski definition) is 0. The molecular formula is C13H8BrNOS. The second-order valence-electron chi connectivity index (χ2n) is 3.46. The minimum absolute atomic E-state index is 0.134. The Morgan fingerprint density at radius 2 is 2.00 bits per heavy atom. The fourth-order valence-electron chi connectivity index (χ4n) is 1.50. The maximum absolute atomic E-state index is 12.1. The zero-order valence-electron chi connectivity index (χ0n) is 8.76. The van der Waals surface area contributed by atoms with Crippen molar-refractivity contribution in [3.63, 3.8) is 0 Å². The van der Waals surface area contributed by atoms with Crippen molar-refractivity contribution in [1.29, 1.82) is 5.26 Å². The van der Waals surface area contributed by atoms with Gasteiger partial charge in [-0.1, -0.05) is 34.1 Å². The summed E-state index contributed by atoms with van der Waals surface area (Å²) in [6, 6.07) is 12.9. The maximum atomic E-state index is 12.1. The minimum atomic E-state index is -0.721. The van der Waals surface area contributed by atoms with Gasteiger partial charge in [0.25, 0.3) is 0 Å². The van der Waals surface area contributed by atoms with Gasteiger partial charge in [-0.15, -0.1) is 11.3 Å². The van der Waals surface area contributed by atoms with Gasteiger partial charge < -0.3 is 0 Å². The highest BCUT2D eigenvalue weighted by Crippen LogP contribution is 2.24. The van der Waals surface area contributed by atoms with E-state index in [2.05, 4.69) is 22.0 Å². The van der Waals surface area contributed by atoms with Crippen LogP contribution >= 0.6 is 27.3 Å². The zero-order valence-corrected chi connectivity index (χ0v) is 11.2. The fourth-order valence-corrected chi connectivity index (χ4v) is 2.46. The van der Waals surface area contributed by atoms with Crippen LogP contribution in [0.15, 0.2) is 46.3 Å². The molecule has 0 spiro atoms. The van der Waals surface area contributed by atoms with Crippen molar-refractivity contribution in [2.24, 2.45) is 0 Å². The highest BCUT2D eigenvalue weighted by atomic mass is 79.9. The van der Waals surface area contributed by atoms with Crippen molar-refractivity contribution >= 4 is 33.0 Å². The number of rotatable bonds is 3. The first-order valence-electron chi connectivity index (χ1n) is 4.95. The summed E-state index contributed by atoms with van der Waals surface area (Å²) in [7, 11) is 0. The summed E-state index contributed by atoms with van der Waals surface area (Å²) in [4.78, 5) is 12.7. The van der Waals surface area contributed by atoms with Crippen LogP contribution in [0.3, 0.4) is 0 Å². The van der Waals surface area contributed by atoms with E-state index in [-0.39, 0.29) is 5.78 Å². The molecule has 17 heavy (non-hydrogen) atoms. The number of Topliss-reactive ketones (excluding diaryl/α,β-unsaturated/α-hetero) is 1. The third-order valence-corrected chi connectivity index (χ3v) is 3.77. The van der Waals surface area contributed by atoms with Crippen molar-refractivity contribution in [3.05, 3.63) is 56.7 Å². The van der Waals surface area contributed by atoms with Gasteiger partial charge in [-0.25, -0.2) is 0 Å². The molecule has 0 radical (unpaired) electrons. The second-order valence-corrected chi connectivity index (χ2v) is 5.32. The molecule has 1 unspecified atom stereocenters. The van der Waals surface area contributed by atoms with E-state index >= 15 is 0 Å². The Morgan fingerprint density at radius 1 is 1.29 bits per heavy atom. The van der Waals surface area contributed by atoms with Crippen LogP contribution in [0.1, 0.15) is 21.2 Å². The molecule has 0 aliphatic carbocycles. The highest BCUT2D eigenvalue weighted by molar-refractivity contribution is 9.10. The predicted molar refractivity (Wildman–Crippen MR) is 71.1 cm³/mol. The second kappa shape index (κ2) is 5.26. The number of nitrogens with zero attached hydrogens (tertiary/aromatic N) is 1. The van der Waals surface area contributed by atoms with Crippen molar-refractivity contribution < 1.29 is 4.79 Å². The number of nitriles is 1. The van der Waals surface area contributed by atoms with E-state index in [1.165, 1.54) is 11.3 Å². The predicted octanol–water partition coefficient (Wildman–Crippen LogP) is 4.00. The van der Waals surface area contributed by atoms with Crippen LogP contribution in [0.5, 0.6) is 0 Å². The summed E-state index contributed by atoms with van der Waals surface area (Å²) >= 11 is 4.69. The normalized spacial score (nSPS) is 11.8. The van der Waals surface area contributed by atoms with E-state index in [0.29, 0.717) is 4.88 Å². The summed E-state index contributed by atoms with van der Waals surface area (Å²) in [6.45, 7) is 0. The van der Waals surface area contributed by atoms with Gasteiger partial charge in [-0.05, 0) is 29.1 Å². The van der Waals surface area contributed by atoms with Crippen LogP contribution in [0, 0.1) is 11.3 Å². The zero-order chi connectivity index (χ0) is 12.3. The molecule has 2 nitrogen and oxygen atoms in total. The van der Waals surface area contributed by atoms with Crippen LogP contribution in [0.25, 0.3) is 0 Å². The number of halogens is 1. The molecule has 0 aliphatic heterocycles. The molecule has 1 heterocycles.